The van der Waals surface area contributed by atoms with Crippen molar-refractivity contribution in [2.75, 3.05) is 6.54 Å². The molecular formula is C3H8N3NaO2. The van der Waals surface area contributed by atoms with Gasteiger partial charge in [0, 0.05) is 0 Å². The topological polar surface area (TPSA) is 102 Å². The van der Waals surface area contributed by atoms with E-state index in [-0.39, 0.29) is 43.5 Å². The summed E-state index contributed by atoms with van der Waals surface area (Å²) in [4.78, 5) is 12.9. The quantitative estimate of drug-likeness (QED) is 0.205. The van der Waals surface area contributed by atoms with Gasteiger partial charge in [-0.15, -0.1) is 0 Å². The molecule has 9 heavy (non-hydrogen) atoms. The van der Waals surface area contributed by atoms with E-state index in [2.05, 4.69) is 4.99 Å². The van der Waals surface area contributed by atoms with E-state index in [1.165, 1.54) is 0 Å². The third-order valence-corrected chi connectivity index (χ3v) is 0.397. The van der Waals surface area contributed by atoms with Crippen molar-refractivity contribution in [2.24, 2.45) is 16.5 Å². The van der Waals surface area contributed by atoms with Crippen LogP contribution >= 0.6 is 0 Å². The number of carbonyl (C=O) groups is 1. The SMILES string of the molecule is NC(N)=NCC(=O)O.[H-].[Na+]. The molecule has 0 bridgehead atoms. The summed E-state index contributed by atoms with van der Waals surface area (Å²) in [6, 6.07) is 0. The van der Waals surface area contributed by atoms with Gasteiger partial charge < -0.3 is 18.0 Å². The predicted molar refractivity (Wildman–Crippen MR) is 29.4 cm³/mol. The second-order valence-electron chi connectivity index (χ2n) is 1.13. The largest absolute Gasteiger partial charge is 1.00 e. The first kappa shape index (κ1) is 11.5. The van der Waals surface area contributed by atoms with Crippen molar-refractivity contribution >= 4 is 11.9 Å². The Balaban J connectivity index is -0.000000245. The Bertz CT molecular complexity index is 125. The molecule has 0 aromatic rings. The summed E-state index contributed by atoms with van der Waals surface area (Å²) in [6.45, 7) is -0.359. The summed E-state index contributed by atoms with van der Waals surface area (Å²) < 4.78 is 0. The fourth-order valence-electron chi connectivity index (χ4n) is 0.159. The second kappa shape index (κ2) is 5.87. The molecule has 0 fully saturated rings. The van der Waals surface area contributed by atoms with E-state index in [1.807, 2.05) is 0 Å². The van der Waals surface area contributed by atoms with Crippen LogP contribution in [-0.4, -0.2) is 23.6 Å². The molecule has 5 N–H and O–H groups in total. The van der Waals surface area contributed by atoms with Gasteiger partial charge in [0.2, 0.25) is 0 Å². The Morgan fingerprint density at radius 3 is 2.22 bits per heavy atom. The van der Waals surface area contributed by atoms with Gasteiger partial charge in [0.1, 0.15) is 6.54 Å². The Morgan fingerprint density at radius 2 is 2.11 bits per heavy atom. The second-order valence-corrected chi connectivity index (χ2v) is 1.13. The summed E-state index contributed by atoms with van der Waals surface area (Å²) in [6.07, 6.45) is 0. The minimum Gasteiger partial charge on any atom is -1.00 e. The van der Waals surface area contributed by atoms with Gasteiger partial charge in [-0.25, -0.2) is 4.99 Å². The number of nitrogens with two attached hydrogens (primary N) is 2. The standard InChI is InChI=1S/C3H7N3O2.Na.H/c4-3(5)6-1-2(7)8;;/h1H2,(H,7,8)(H4,4,5,6);;/q;+1;-1. The molecule has 0 spiro atoms. The molecule has 0 radical (unpaired) electrons. The predicted octanol–water partition coefficient (Wildman–Crippen LogP) is -4.54. The molecule has 6 heteroatoms. The van der Waals surface area contributed by atoms with Crippen LogP contribution in [0.4, 0.5) is 0 Å². The van der Waals surface area contributed by atoms with Crippen LogP contribution in [0.15, 0.2) is 4.99 Å². The average Bonchev–Trinajstić information content (AvgIpc) is 1.61. The Morgan fingerprint density at radius 1 is 1.67 bits per heavy atom. The van der Waals surface area contributed by atoms with E-state index in [0.29, 0.717) is 0 Å². The Labute approximate surface area is 75.9 Å². The van der Waals surface area contributed by atoms with Crippen LogP contribution in [0.5, 0.6) is 0 Å². The first-order chi connectivity index (χ1) is 3.63. The molecule has 0 atom stereocenters. The molecule has 0 amide bonds. The first-order valence-electron chi connectivity index (χ1n) is 1.90. The molecule has 0 unspecified atom stereocenters. The molecule has 48 valence electrons. The van der Waals surface area contributed by atoms with Crippen LogP contribution in [0.1, 0.15) is 1.43 Å². The third-order valence-electron chi connectivity index (χ3n) is 0.397. The number of aliphatic carboxylic acids is 1. The molecule has 0 saturated heterocycles. The summed E-state index contributed by atoms with van der Waals surface area (Å²) in [7, 11) is 0. The van der Waals surface area contributed by atoms with Crippen LogP contribution in [0.3, 0.4) is 0 Å². The van der Waals surface area contributed by atoms with Gasteiger partial charge in [0.05, 0.1) is 0 Å². The number of nitrogens with zero attached hydrogens (tertiary/aromatic N) is 1. The molecule has 0 aliphatic carbocycles. The van der Waals surface area contributed by atoms with Crippen LogP contribution in [0.2, 0.25) is 0 Å². The van der Waals surface area contributed by atoms with E-state index in [4.69, 9.17) is 16.6 Å². The summed E-state index contributed by atoms with van der Waals surface area (Å²) in [5.41, 5.74) is 9.61. The number of carboxylic acids is 1. The molecule has 0 aromatic carbocycles. The fourth-order valence-corrected chi connectivity index (χ4v) is 0.159. The number of rotatable bonds is 2. The minimum atomic E-state index is -1.04. The van der Waals surface area contributed by atoms with E-state index < -0.39 is 5.97 Å². The van der Waals surface area contributed by atoms with Crippen molar-refractivity contribution in [3.8, 4) is 0 Å². The minimum absolute atomic E-state index is 0. The monoisotopic (exact) mass is 141 g/mol. The Kier molecular flexibility index (Phi) is 7.52. The number of aliphatic imine (C=N–C) groups is 1. The molecule has 0 aliphatic heterocycles. The third kappa shape index (κ3) is 11.4. The van der Waals surface area contributed by atoms with Crippen molar-refractivity contribution in [3.05, 3.63) is 0 Å². The van der Waals surface area contributed by atoms with E-state index in [0.717, 1.165) is 0 Å². The van der Waals surface area contributed by atoms with Crippen LogP contribution < -0.4 is 41.0 Å². The number of hydrogen-bond donors (Lipinski definition) is 3. The van der Waals surface area contributed by atoms with Crippen molar-refractivity contribution in [2.45, 2.75) is 0 Å². The van der Waals surface area contributed by atoms with Crippen LogP contribution in [0, 0.1) is 0 Å². The van der Waals surface area contributed by atoms with Crippen LogP contribution in [0.25, 0.3) is 0 Å². The zero-order chi connectivity index (χ0) is 6.57. The molecule has 0 aromatic heterocycles. The van der Waals surface area contributed by atoms with E-state index >= 15 is 0 Å². The maximum absolute atomic E-state index is 9.69. The first-order valence-corrected chi connectivity index (χ1v) is 1.90. The van der Waals surface area contributed by atoms with Gasteiger partial charge in [-0.05, 0) is 0 Å². The summed E-state index contributed by atoms with van der Waals surface area (Å²) >= 11 is 0. The zero-order valence-electron chi connectivity index (χ0n) is 6.16. The van der Waals surface area contributed by atoms with Crippen molar-refractivity contribution in [1.82, 2.24) is 0 Å². The van der Waals surface area contributed by atoms with Gasteiger partial charge >= 0.3 is 35.5 Å². The fraction of sp³-hybridized carbons (Fsp3) is 0.333. The number of hydrogen-bond acceptors (Lipinski definition) is 2. The van der Waals surface area contributed by atoms with E-state index in [9.17, 15) is 4.79 Å². The van der Waals surface area contributed by atoms with Crippen molar-refractivity contribution in [3.63, 3.8) is 0 Å². The van der Waals surface area contributed by atoms with Crippen LogP contribution in [-0.2, 0) is 4.79 Å². The molecule has 0 rings (SSSR count). The van der Waals surface area contributed by atoms with Crippen molar-refractivity contribution < 1.29 is 40.9 Å². The maximum atomic E-state index is 9.69. The zero-order valence-corrected chi connectivity index (χ0v) is 7.16. The van der Waals surface area contributed by atoms with E-state index in [1.54, 1.807) is 0 Å². The average molecular weight is 141 g/mol. The van der Waals surface area contributed by atoms with Gasteiger partial charge in [-0.1, -0.05) is 0 Å². The Hall–Kier alpha value is -0.260. The van der Waals surface area contributed by atoms with Gasteiger partial charge in [-0.3, -0.25) is 4.79 Å². The maximum Gasteiger partial charge on any atom is 1.00 e. The smallest absolute Gasteiger partial charge is 1.00 e. The molecular weight excluding hydrogens is 133 g/mol. The van der Waals surface area contributed by atoms with Gasteiger partial charge in [0.15, 0.2) is 5.96 Å². The number of guanidine groups is 1. The number of carboxylic acid groups (broad SMARTS) is 1. The van der Waals surface area contributed by atoms with Crippen molar-refractivity contribution in [1.29, 1.82) is 0 Å². The molecule has 0 aliphatic rings. The molecule has 0 heterocycles. The summed E-state index contributed by atoms with van der Waals surface area (Å²) in [5, 5.41) is 7.94. The molecule has 5 nitrogen and oxygen atoms in total. The van der Waals surface area contributed by atoms with Gasteiger partial charge in [-0.2, -0.15) is 0 Å². The molecule has 0 saturated carbocycles. The normalized spacial score (nSPS) is 7.11. The van der Waals surface area contributed by atoms with Gasteiger partial charge in [0.25, 0.3) is 0 Å². The summed E-state index contributed by atoms with van der Waals surface area (Å²) in [5.74, 6) is -1.24.